The van der Waals surface area contributed by atoms with Gasteiger partial charge in [-0.05, 0) is 63.2 Å². The van der Waals surface area contributed by atoms with Gasteiger partial charge in [-0.2, -0.15) is 0 Å². The van der Waals surface area contributed by atoms with Crippen LogP contribution in [0.5, 0.6) is 0 Å². The maximum absolute atomic E-state index is 11.0. The van der Waals surface area contributed by atoms with Crippen molar-refractivity contribution in [3.63, 3.8) is 0 Å². The predicted octanol–water partition coefficient (Wildman–Crippen LogP) is 2.72. The third-order valence-electron chi connectivity index (χ3n) is 3.62. The molecule has 1 aromatic rings. The Bertz CT molecular complexity index is 430. The Morgan fingerprint density at radius 3 is 2.50 bits per heavy atom. The number of anilines is 1. The molecule has 0 amide bonds. The molecule has 1 aliphatic rings. The van der Waals surface area contributed by atoms with Crippen molar-refractivity contribution in [1.82, 2.24) is 4.90 Å². The van der Waals surface area contributed by atoms with E-state index in [4.69, 9.17) is 16.7 Å². The number of halogens is 1. The van der Waals surface area contributed by atoms with Crippen LogP contribution in [0.15, 0.2) is 24.3 Å². The molecule has 0 aliphatic carbocycles. The summed E-state index contributed by atoms with van der Waals surface area (Å²) in [5.74, 6) is -0.805. The first-order valence-corrected chi connectivity index (χ1v) is 7.47. The summed E-state index contributed by atoms with van der Waals surface area (Å²) < 4.78 is 0. The third kappa shape index (κ3) is 4.69. The number of likely N-dealkylation sites (tertiary alicyclic amines) is 1. The number of aliphatic carboxylic acids is 1. The summed E-state index contributed by atoms with van der Waals surface area (Å²) in [6.45, 7) is 4.19. The highest BCUT2D eigenvalue weighted by molar-refractivity contribution is 6.30. The highest BCUT2D eigenvalue weighted by Gasteiger charge is 2.14. The van der Waals surface area contributed by atoms with Crippen molar-refractivity contribution in [3.05, 3.63) is 29.3 Å². The summed E-state index contributed by atoms with van der Waals surface area (Å²) in [5.41, 5.74) is 0.915. The van der Waals surface area contributed by atoms with Crippen molar-refractivity contribution in [3.8, 4) is 0 Å². The first kappa shape index (κ1) is 15.1. The van der Waals surface area contributed by atoms with E-state index in [0.717, 1.165) is 25.2 Å². The summed E-state index contributed by atoms with van der Waals surface area (Å²) >= 11 is 5.87. The summed E-state index contributed by atoms with van der Waals surface area (Å²) in [7, 11) is 0. The van der Waals surface area contributed by atoms with Crippen molar-refractivity contribution >= 4 is 23.3 Å². The van der Waals surface area contributed by atoms with Gasteiger partial charge in [-0.3, -0.25) is 4.79 Å². The first-order chi connectivity index (χ1) is 9.65. The van der Waals surface area contributed by atoms with Gasteiger partial charge in [-0.25, -0.2) is 0 Å². The Morgan fingerprint density at radius 2 is 1.90 bits per heavy atom. The number of nitrogens with zero attached hydrogens (tertiary/aromatic N) is 2. The van der Waals surface area contributed by atoms with Crippen LogP contribution in [0.25, 0.3) is 0 Å². The number of rotatable bonds is 7. The topological polar surface area (TPSA) is 43.8 Å². The predicted molar refractivity (Wildman–Crippen MR) is 81.6 cm³/mol. The maximum atomic E-state index is 11.0. The molecule has 1 N–H and O–H groups in total. The molecule has 0 aromatic heterocycles. The van der Waals surface area contributed by atoms with E-state index < -0.39 is 5.97 Å². The molecule has 4 nitrogen and oxygen atoms in total. The number of carbonyl (C=O) groups is 1. The smallest absolute Gasteiger partial charge is 0.323 e. The van der Waals surface area contributed by atoms with Crippen molar-refractivity contribution in [2.24, 2.45) is 0 Å². The van der Waals surface area contributed by atoms with E-state index in [1.807, 2.05) is 17.0 Å². The lowest BCUT2D eigenvalue weighted by molar-refractivity contribution is -0.135. The standard InChI is InChI=1S/C15H21ClN2O2/c16-13-4-6-14(7-5-13)18(12-15(19)20)11-3-10-17-8-1-2-9-17/h4-7H,1-3,8-12H2,(H,19,20). The summed E-state index contributed by atoms with van der Waals surface area (Å²) in [5, 5.41) is 9.70. The van der Waals surface area contributed by atoms with Gasteiger partial charge in [0.05, 0.1) is 0 Å². The van der Waals surface area contributed by atoms with Gasteiger partial charge in [0.15, 0.2) is 0 Å². The molecule has 0 atom stereocenters. The molecule has 2 rings (SSSR count). The zero-order valence-electron chi connectivity index (χ0n) is 11.6. The van der Waals surface area contributed by atoms with Crippen LogP contribution >= 0.6 is 11.6 Å². The van der Waals surface area contributed by atoms with Gasteiger partial charge in [-0.15, -0.1) is 0 Å². The number of benzene rings is 1. The second-order valence-electron chi connectivity index (χ2n) is 5.19. The molecule has 1 heterocycles. The van der Waals surface area contributed by atoms with Crippen LogP contribution in [0.1, 0.15) is 19.3 Å². The third-order valence-corrected chi connectivity index (χ3v) is 3.87. The molecule has 1 aromatic carbocycles. The number of carboxylic acids is 1. The van der Waals surface area contributed by atoms with Crippen LogP contribution in [0, 0.1) is 0 Å². The Kier molecular flexibility index (Phi) is 5.68. The fourth-order valence-electron chi connectivity index (χ4n) is 2.61. The molecule has 20 heavy (non-hydrogen) atoms. The van der Waals surface area contributed by atoms with Crippen LogP contribution in [0.3, 0.4) is 0 Å². The average molecular weight is 297 g/mol. The van der Waals surface area contributed by atoms with E-state index in [0.29, 0.717) is 5.02 Å². The van der Waals surface area contributed by atoms with Crippen LogP contribution in [-0.2, 0) is 4.79 Å². The summed E-state index contributed by atoms with van der Waals surface area (Å²) in [6.07, 6.45) is 3.56. The highest BCUT2D eigenvalue weighted by Crippen LogP contribution is 2.18. The molecule has 0 spiro atoms. The SMILES string of the molecule is O=C(O)CN(CCCN1CCCC1)c1ccc(Cl)cc1. The van der Waals surface area contributed by atoms with Gasteiger partial charge in [0.1, 0.15) is 6.54 Å². The second-order valence-corrected chi connectivity index (χ2v) is 5.63. The van der Waals surface area contributed by atoms with Crippen LogP contribution in [0.4, 0.5) is 5.69 Å². The Balaban J connectivity index is 1.89. The van der Waals surface area contributed by atoms with E-state index in [1.165, 1.54) is 25.9 Å². The first-order valence-electron chi connectivity index (χ1n) is 7.10. The Labute approximate surface area is 124 Å². The minimum atomic E-state index is -0.805. The maximum Gasteiger partial charge on any atom is 0.323 e. The van der Waals surface area contributed by atoms with Crippen LogP contribution in [0.2, 0.25) is 5.02 Å². The van der Waals surface area contributed by atoms with Crippen LogP contribution in [-0.4, -0.2) is 48.7 Å². The lowest BCUT2D eigenvalue weighted by atomic mass is 10.2. The number of hydrogen-bond donors (Lipinski definition) is 1. The minimum Gasteiger partial charge on any atom is -0.480 e. The van der Waals surface area contributed by atoms with Crippen molar-refractivity contribution < 1.29 is 9.90 Å². The molecule has 1 fully saturated rings. The minimum absolute atomic E-state index is 0.0294. The van der Waals surface area contributed by atoms with Gasteiger partial charge >= 0.3 is 5.97 Å². The van der Waals surface area contributed by atoms with Gasteiger partial charge < -0.3 is 14.9 Å². The highest BCUT2D eigenvalue weighted by atomic mass is 35.5. The summed E-state index contributed by atoms with van der Waals surface area (Å²) in [4.78, 5) is 15.3. The fraction of sp³-hybridized carbons (Fsp3) is 0.533. The molecule has 5 heteroatoms. The quantitative estimate of drug-likeness (QED) is 0.840. The van der Waals surface area contributed by atoms with Crippen molar-refractivity contribution in [2.75, 3.05) is 37.6 Å². The monoisotopic (exact) mass is 296 g/mol. The van der Waals surface area contributed by atoms with Crippen molar-refractivity contribution in [2.45, 2.75) is 19.3 Å². The Hall–Kier alpha value is -1.26. The molecule has 110 valence electrons. The van der Waals surface area contributed by atoms with E-state index in [2.05, 4.69) is 4.90 Å². The van der Waals surface area contributed by atoms with Gasteiger partial charge in [-0.1, -0.05) is 11.6 Å². The van der Waals surface area contributed by atoms with E-state index >= 15 is 0 Å². The lowest BCUT2D eigenvalue weighted by Gasteiger charge is -2.24. The molecule has 0 radical (unpaired) electrons. The molecular formula is C15H21ClN2O2. The average Bonchev–Trinajstić information content (AvgIpc) is 2.91. The second kappa shape index (κ2) is 7.50. The fourth-order valence-corrected chi connectivity index (χ4v) is 2.73. The largest absolute Gasteiger partial charge is 0.480 e. The van der Waals surface area contributed by atoms with Gasteiger partial charge in [0.2, 0.25) is 0 Å². The molecular weight excluding hydrogens is 276 g/mol. The van der Waals surface area contributed by atoms with Crippen molar-refractivity contribution in [1.29, 1.82) is 0 Å². The normalized spacial score (nSPS) is 15.4. The van der Waals surface area contributed by atoms with Gasteiger partial charge in [0, 0.05) is 17.3 Å². The zero-order chi connectivity index (χ0) is 14.4. The lowest BCUT2D eigenvalue weighted by Crippen LogP contribution is -2.32. The molecule has 1 aliphatic heterocycles. The molecule has 1 saturated heterocycles. The molecule has 0 bridgehead atoms. The van der Waals surface area contributed by atoms with Crippen LogP contribution < -0.4 is 4.90 Å². The number of hydrogen-bond acceptors (Lipinski definition) is 3. The Morgan fingerprint density at radius 1 is 1.25 bits per heavy atom. The van der Waals surface area contributed by atoms with E-state index in [1.54, 1.807) is 12.1 Å². The van der Waals surface area contributed by atoms with E-state index in [9.17, 15) is 4.79 Å². The molecule has 0 saturated carbocycles. The van der Waals surface area contributed by atoms with E-state index in [-0.39, 0.29) is 6.54 Å². The molecule has 0 unspecified atom stereocenters. The van der Waals surface area contributed by atoms with Gasteiger partial charge in [0.25, 0.3) is 0 Å². The number of carboxylic acid groups (broad SMARTS) is 1. The summed E-state index contributed by atoms with van der Waals surface area (Å²) in [6, 6.07) is 7.35. The zero-order valence-corrected chi connectivity index (χ0v) is 12.4.